The van der Waals surface area contributed by atoms with Crippen molar-refractivity contribution in [3.63, 3.8) is 0 Å². The minimum absolute atomic E-state index is 0.200. The molecule has 1 aliphatic rings. The number of rotatable bonds is 4. The van der Waals surface area contributed by atoms with Gasteiger partial charge in [0.15, 0.2) is 11.6 Å². The third-order valence-corrected chi connectivity index (χ3v) is 4.86. The van der Waals surface area contributed by atoms with Crippen molar-refractivity contribution in [3.8, 4) is 11.4 Å². The van der Waals surface area contributed by atoms with Crippen LogP contribution in [0, 0.1) is 5.82 Å². The van der Waals surface area contributed by atoms with Crippen molar-refractivity contribution in [1.82, 2.24) is 30.0 Å². The summed E-state index contributed by atoms with van der Waals surface area (Å²) in [6, 6.07) is 4.45. The van der Waals surface area contributed by atoms with Gasteiger partial charge in [-0.1, -0.05) is 6.42 Å². The number of nitrogens with zero attached hydrogens (tertiary/aromatic N) is 5. The van der Waals surface area contributed by atoms with Crippen molar-refractivity contribution in [2.75, 3.05) is 5.32 Å². The molecule has 2 aromatic heterocycles. The van der Waals surface area contributed by atoms with Crippen molar-refractivity contribution in [2.45, 2.75) is 31.7 Å². The Morgan fingerprint density at radius 3 is 2.93 bits per heavy atom. The van der Waals surface area contributed by atoms with Gasteiger partial charge in [0, 0.05) is 19.3 Å². The molecule has 1 aromatic carbocycles. The Balaban J connectivity index is 1.68. The first-order valence-electron chi connectivity index (χ1n) is 9.27. The van der Waals surface area contributed by atoms with Gasteiger partial charge in [0.2, 0.25) is 5.95 Å². The van der Waals surface area contributed by atoms with E-state index in [0.29, 0.717) is 17.8 Å². The molecule has 2 heterocycles. The zero-order chi connectivity index (χ0) is 20.4. The fraction of sp³-hybridized carbons (Fsp3) is 0.316. The van der Waals surface area contributed by atoms with Crippen LogP contribution in [0.1, 0.15) is 36.4 Å². The highest BCUT2D eigenvalue weighted by Crippen LogP contribution is 2.33. The molecule has 0 saturated carbocycles. The summed E-state index contributed by atoms with van der Waals surface area (Å²) in [4.78, 5) is 23.6. The topological polar surface area (TPSA) is 118 Å². The SMILES string of the molecule is Cn1ccc(Nc2ncnc(-c3cc4c(cc3F)C(NC(=O)O)CCCC4)n2)n1. The predicted molar refractivity (Wildman–Crippen MR) is 103 cm³/mol. The molecule has 1 aliphatic carbocycles. The molecule has 0 saturated heterocycles. The van der Waals surface area contributed by atoms with Gasteiger partial charge in [-0.3, -0.25) is 4.68 Å². The fourth-order valence-electron chi connectivity index (χ4n) is 3.55. The molecule has 3 aromatic rings. The third kappa shape index (κ3) is 4.15. The number of hydrogen-bond acceptors (Lipinski definition) is 6. The van der Waals surface area contributed by atoms with Gasteiger partial charge in [-0.15, -0.1) is 0 Å². The Morgan fingerprint density at radius 1 is 1.31 bits per heavy atom. The van der Waals surface area contributed by atoms with Crippen molar-refractivity contribution in [3.05, 3.63) is 47.7 Å². The standard InChI is InChI=1S/C19H20FN7O2/c1-27-7-6-16(26-27)24-18-22-10-21-17(25-18)13-8-11-4-2-3-5-15(23-19(28)29)12(11)9-14(13)20/h6-10,15,23H,2-5H2,1H3,(H,28,29)(H,21,22,24,25,26). The van der Waals surface area contributed by atoms with Crippen LogP contribution in [-0.4, -0.2) is 35.9 Å². The summed E-state index contributed by atoms with van der Waals surface area (Å²) in [5.41, 5.74) is 1.83. The molecule has 10 heteroatoms. The Hall–Kier alpha value is -3.56. The van der Waals surface area contributed by atoms with Crippen LogP contribution in [0.25, 0.3) is 11.4 Å². The number of carboxylic acid groups (broad SMARTS) is 1. The number of carbonyl (C=O) groups is 1. The first-order valence-corrected chi connectivity index (χ1v) is 9.27. The average molecular weight is 397 g/mol. The van der Waals surface area contributed by atoms with Gasteiger partial charge in [0.25, 0.3) is 0 Å². The summed E-state index contributed by atoms with van der Waals surface area (Å²) in [7, 11) is 1.79. The van der Waals surface area contributed by atoms with E-state index in [2.05, 4.69) is 30.7 Å². The van der Waals surface area contributed by atoms with Gasteiger partial charge >= 0.3 is 6.09 Å². The second kappa shape index (κ2) is 7.82. The van der Waals surface area contributed by atoms with Crippen LogP contribution in [0.3, 0.4) is 0 Å². The number of aryl methyl sites for hydroxylation is 2. The second-order valence-electron chi connectivity index (χ2n) is 6.91. The predicted octanol–water partition coefficient (Wildman–Crippen LogP) is 3.19. The third-order valence-electron chi connectivity index (χ3n) is 4.86. The lowest BCUT2D eigenvalue weighted by Crippen LogP contribution is -2.27. The van der Waals surface area contributed by atoms with Gasteiger partial charge in [-0.2, -0.15) is 10.1 Å². The van der Waals surface area contributed by atoms with E-state index >= 15 is 0 Å². The Labute approximate surface area is 166 Å². The lowest BCUT2D eigenvalue weighted by atomic mass is 9.96. The largest absolute Gasteiger partial charge is 0.465 e. The lowest BCUT2D eigenvalue weighted by molar-refractivity contribution is 0.189. The molecular weight excluding hydrogens is 377 g/mol. The minimum Gasteiger partial charge on any atom is -0.465 e. The van der Waals surface area contributed by atoms with E-state index < -0.39 is 18.0 Å². The Kier molecular flexibility index (Phi) is 5.07. The molecule has 3 N–H and O–H groups in total. The molecule has 29 heavy (non-hydrogen) atoms. The Morgan fingerprint density at radius 2 is 2.17 bits per heavy atom. The smallest absolute Gasteiger partial charge is 0.405 e. The number of halogens is 1. The van der Waals surface area contributed by atoms with Gasteiger partial charge in [-0.05, 0) is 42.5 Å². The number of amides is 1. The number of hydrogen-bond donors (Lipinski definition) is 3. The molecule has 1 atom stereocenters. The van der Waals surface area contributed by atoms with E-state index in [0.717, 1.165) is 24.8 Å². The molecule has 1 amide bonds. The van der Waals surface area contributed by atoms with E-state index in [9.17, 15) is 9.18 Å². The second-order valence-corrected chi connectivity index (χ2v) is 6.91. The van der Waals surface area contributed by atoms with Crippen molar-refractivity contribution in [1.29, 1.82) is 0 Å². The summed E-state index contributed by atoms with van der Waals surface area (Å²) < 4.78 is 16.6. The fourth-order valence-corrected chi connectivity index (χ4v) is 3.55. The number of nitrogens with one attached hydrogen (secondary N) is 2. The van der Waals surface area contributed by atoms with E-state index in [-0.39, 0.29) is 17.3 Å². The molecule has 1 unspecified atom stereocenters. The molecule has 150 valence electrons. The number of fused-ring (bicyclic) bond motifs is 1. The normalized spacial score (nSPS) is 16.0. The Bertz CT molecular complexity index is 1050. The number of aromatic nitrogens is 5. The van der Waals surface area contributed by atoms with Crippen molar-refractivity contribution < 1.29 is 14.3 Å². The summed E-state index contributed by atoms with van der Waals surface area (Å²) in [6.07, 6.45) is 5.12. The maximum Gasteiger partial charge on any atom is 0.405 e. The highest BCUT2D eigenvalue weighted by molar-refractivity contribution is 5.66. The highest BCUT2D eigenvalue weighted by Gasteiger charge is 2.23. The molecule has 4 rings (SSSR count). The van der Waals surface area contributed by atoms with Crippen LogP contribution < -0.4 is 10.6 Å². The van der Waals surface area contributed by atoms with E-state index in [1.165, 1.54) is 12.4 Å². The molecule has 0 spiro atoms. The monoisotopic (exact) mass is 397 g/mol. The van der Waals surface area contributed by atoms with Crippen LogP contribution in [0.4, 0.5) is 21.0 Å². The molecule has 9 nitrogen and oxygen atoms in total. The summed E-state index contributed by atoms with van der Waals surface area (Å²) in [5, 5.41) is 18.8. The van der Waals surface area contributed by atoms with Crippen LogP contribution in [0.15, 0.2) is 30.7 Å². The molecule has 0 radical (unpaired) electrons. The number of anilines is 2. The van der Waals surface area contributed by atoms with Gasteiger partial charge in [0.05, 0.1) is 11.6 Å². The zero-order valence-corrected chi connectivity index (χ0v) is 15.8. The van der Waals surface area contributed by atoms with Crippen molar-refractivity contribution >= 4 is 17.9 Å². The summed E-state index contributed by atoms with van der Waals surface area (Å²) >= 11 is 0. The molecule has 0 aliphatic heterocycles. The van der Waals surface area contributed by atoms with Gasteiger partial charge in [-0.25, -0.2) is 19.2 Å². The van der Waals surface area contributed by atoms with E-state index in [1.54, 1.807) is 30.1 Å². The average Bonchev–Trinajstić information content (AvgIpc) is 2.99. The number of benzene rings is 1. The van der Waals surface area contributed by atoms with Gasteiger partial charge in [0.1, 0.15) is 12.1 Å². The zero-order valence-electron chi connectivity index (χ0n) is 15.8. The van der Waals surface area contributed by atoms with Crippen molar-refractivity contribution in [2.24, 2.45) is 7.05 Å². The van der Waals surface area contributed by atoms with Crippen LogP contribution >= 0.6 is 0 Å². The maximum absolute atomic E-state index is 15.0. The van der Waals surface area contributed by atoms with Gasteiger partial charge < -0.3 is 15.7 Å². The molecular formula is C19H20FN7O2. The minimum atomic E-state index is -1.12. The highest BCUT2D eigenvalue weighted by atomic mass is 19.1. The quantitative estimate of drug-likeness (QED) is 0.579. The van der Waals surface area contributed by atoms with Crippen LogP contribution in [-0.2, 0) is 13.5 Å². The van der Waals surface area contributed by atoms with Crippen LogP contribution in [0.2, 0.25) is 0 Å². The maximum atomic E-state index is 15.0. The van der Waals surface area contributed by atoms with E-state index in [4.69, 9.17) is 5.11 Å². The first kappa shape index (κ1) is 18.8. The van der Waals surface area contributed by atoms with E-state index in [1.807, 2.05) is 0 Å². The summed E-state index contributed by atoms with van der Waals surface area (Å²) in [6.45, 7) is 0. The first-order chi connectivity index (χ1) is 14.0. The molecule has 0 fully saturated rings. The lowest BCUT2D eigenvalue weighted by Gasteiger charge is -2.18. The van der Waals surface area contributed by atoms with Crippen LogP contribution in [0.5, 0.6) is 0 Å². The molecule has 0 bridgehead atoms. The summed E-state index contributed by atoms with van der Waals surface area (Å²) in [5.74, 6) is 0.520.